The molecule has 2 N–H and O–H groups in total. The maximum absolute atomic E-state index is 13.0. The number of nitrogens with zero attached hydrogens (tertiary/aromatic N) is 2. The molecule has 0 fully saturated rings. The van der Waals surface area contributed by atoms with E-state index in [4.69, 9.17) is 17.3 Å². The average molecular weight is 340 g/mol. The second-order valence-electron chi connectivity index (χ2n) is 4.80. The number of nitrogen functional groups attached to an aromatic ring is 1. The minimum Gasteiger partial charge on any atom is -0.369 e. The van der Waals surface area contributed by atoms with Gasteiger partial charge in [-0.2, -0.15) is 18.2 Å². The number of benzene rings is 1. The molecule has 0 aliphatic rings. The summed E-state index contributed by atoms with van der Waals surface area (Å²) in [4.78, 5) is 15.9. The highest BCUT2D eigenvalue weighted by atomic mass is 35.5. The highest BCUT2D eigenvalue weighted by Gasteiger charge is 2.31. The number of hydrogen-bond donors (Lipinski definition) is 1. The van der Waals surface area contributed by atoms with Gasteiger partial charge in [0.1, 0.15) is 0 Å². The summed E-state index contributed by atoms with van der Waals surface area (Å²) < 4.78 is 40.1. The van der Waals surface area contributed by atoms with Gasteiger partial charge in [-0.3, -0.25) is 9.20 Å². The van der Waals surface area contributed by atoms with Crippen molar-refractivity contribution in [1.82, 2.24) is 9.38 Å². The van der Waals surface area contributed by atoms with E-state index in [1.807, 2.05) is 0 Å². The number of alkyl halides is 3. The summed E-state index contributed by atoms with van der Waals surface area (Å²) in [6.07, 6.45) is -3.42. The molecule has 0 aliphatic heterocycles. The van der Waals surface area contributed by atoms with Crippen LogP contribution < -0.4 is 11.3 Å². The molecule has 0 saturated heterocycles. The Morgan fingerprint density at radius 2 is 1.87 bits per heavy atom. The van der Waals surface area contributed by atoms with Crippen molar-refractivity contribution in [2.45, 2.75) is 6.18 Å². The molecule has 0 radical (unpaired) electrons. The second-order valence-corrected chi connectivity index (χ2v) is 5.21. The van der Waals surface area contributed by atoms with E-state index in [9.17, 15) is 18.0 Å². The lowest BCUT2D eigenvalue weighted by Gasteiger charge is -2.13. The summed E-state index contributed by atoms with van der Waals surface area (Å²) in [5, 5.41) is 0.232. The highest BCUT2D eigenvalue weighted by molar-refractivity contribution is 6.33. The van der Waals surface area contributed by atoms with E-state index < -0.39 is 17.3 Å². The molecular formula is C15H9ClF3N3O. The number of aromatic nitrogens is 2. The third kappa shape index (κ3) is 2.63. The molecule has 0 unspecified atom stereocenters. The third-order valence-electron chi connectivity index (χ3n) is 3.36. The van der Waals surface area contributed by atoms with E-state index in [2.05, 4.69) is 4.98 Å². The molecular weight excluding hydrogens is 331 g/mol. The Morgan fingerprint density at radius 3 is 2.52 bits per heavy atom. The molecule has 0 bridgehead atoms. The van der Waals surface area contributed by atoms with Crippen molar-refractivity contribution in [3.63, 3.8) is 0 Å². The first-order valence-corrected chi connectivity index (χ1v) is 6.81. The fourth-order valence-electron chi connectivity index (χ4n) is 2.31. The number of fused-ring (bicyclic) bond motifs is 1. The standard InChI is InChI=1S/C15H9ClF3N3O/c16-10-4-2-1-3-9(10)12-11-7-8(15(17,18)19)5-6-22(11)14(20)21-13(12)23/h1-7H,(H2,20,21,23). The topological polar surface area (TPSA) is 60.4 Å². The van der Waals surface area contributed by atoms with Crippen molar-refractivity contribution >= 4 is 23.1 Å². The maximum atomic E-state index is 13.0. The molecule has 3 aromatic rings. The minimum atomic E-state index is -4.55. The number of nitrogens with two attached hydrogens (primary N) is 1. The van der Waals surface area contributed by atoms with Gasteiger partial charge in [-0.15, -0.1) is 0 Å². The van der Waals surface area contributed by atoms with Gasteiger partial charge in [-0.1, -0.05) is 29.8 Å². The third-order valence-corrected chi connectivity index (χ3v) is 3.69. The summed E-state index contributed by atoms with van der Waals surface area (Å²) in [5.41, 5.74) is 4.26. The molecule has 23 heavy (non-hydrogen) atoms. The van der Waals surface area contributed by atoms with Gasteiger partial charge in [-0.05, 0) is 18.2 Å². The van der Waals surface area contributed by atoms with Gasteiger partial charge in [0.15, 0.2) is 0 Å². The van der Waals surface area contributed by atoms with Crippen LogP contribution in [0.2, 0.25) is 5.02 Å². The molecule has 2 heterocycles. The van der Waals surface area contributed by atoms with Crippen LogP contribution in [0, 0.1) is 0 Å². The zero-order chi connectivity index (χ0) is 16.8. The van der Waals surface area contributed by atoms with E-state index in [1.54, 1.807) is 12.1 Å². The van der Waals surface area contributed by atoms with Crippen molar-refractivity contribution in [2.24, 2.45) is 0 Å². The molecule has 2 aromatic heterocycles. The van der Waals surface area contributed by atoms with Crippen LogP contribution in [0.25, 0.3) is 16.6 Å². The van der Waals surface area contributed by atoms with E-state index in [-0.39, 0.29) is 22.1 Å². The van der Waals surface area contributed by atoms with Gasteiger partial charge >= 0.3 is 6.18 Å². The summed E-state index contributed by atoms with van der Waals surface area (Å²) in [7, 11) is 0. The fourth-order valence-corrected chi connectivity index (χ4v) is 2.54. The van der Waals surface area contributed by atoms with Crippen LogP contribution >= 0.6 is 11.6 Å². The monoisotopic (exact) mass is 339 g/mol. The van der Waals surface area contributed by atoms with Crippen molar-refractivity contribution in [1.29, 1.82) is 0 Å². The lowest BCUT2D eigenvalue weighted by Crippen LogP contribution is -2.18. The van der Waals surface area contributed by atoms with Crippen molar-refractivity contribution in [3.8, 4) is 11.1 Å². The first-order valence-electron chi connectivity index (χ1n) is 6.43. The van der Waals surface area contributed by atoms with Gasteiger partial charge in [0.05, 0.1) is 16.6 Å². The van der Waals surface area contributed by atoms with Gasteiger partial charge in [-0.25, -0.2) is 0 Å². The van der Waals surface area contributed by atoms with Crippen LogP contribution in [0.4, 0.5) is 19.1 Å². The summed E-state index contributed by atoms with van der Waals surface area (Å²) in [6, 6.07) is 8.08. The molecule has 8 heteroatoms. The Balaban J connectivity index is 2.46. The van der Waals surface area contributed by atoms with Crippen LogP contribution in [-0.4, -0.2) is 9.38 Å². The summed E-state index contributed by atoms with van der Waals surface area (Å²) in [5.74, 6) is -0.200. The Hall–Kier alpha value is -2.54. The minimum absolute atomic E-state index is 0.00887. The summed E-state index contributed by atoms with van der Waals surface area (Å²) in [6.45, 7) is 0. The Morgan fingerprint density at radius 1 is 1.17 bits per heavy atom. The lowest BCUT2D eigenvalue weighted by molar-refractivity contribution is -0.137. The molecule has 3 rings (SSSR count). The van der Waals surface area contributed by atoms with Crippen LogP contribution in [-0.2, 0) is 6.18 Å². The number of anilines is 1. The number of pyridine rings is 1. The first kappa shape index (κ1) is 15.4. The molecule has 0 amide bonds. The van der Waals surface area contributed by atoms with Gasteiger partial charge in [0, 0.05) is 16.8 Å². The predicted molar refractivity (Wildman–Crippen MR) is 81.3 cm³/mol. The van der Waals surface area contributed by atoms with Crippen LogP contribution in [0.5, 0.6) is 0 Å². The van der Waals surface area contributed by atoms with Crippen LogP contribution in [0.15, 0.2) is 47.4 Å². The SMILES string of the molecule is Nc1nc(=O)c(-c2ccccc2Cl)c2cc(C(F)(F)F)ccn12. The van der Waals surface area contributed by atoms with Gasteiger partial charge in [0.25, 0.3) is 5.56 Å². The molecule has 0 spiro atoms. The van der Waals surface area contributed by atoms with Crippen LogP contribution in [0.1, 0.15) is 5.56 Å². The fraction of sp³-hybridized carbons (Fsp3) is 0.0667. The molecule has 4 nitrogen and oxygen atoms in total. The number of rotatable bonds is 1. The van der Waals surface area contributed by atoms with Crippen LogP contribution in [0.3, 0.4) is 0 Å². The van der Waals surface area contributed by atoms with E-state index in [1.165, 1.54) is 16.5 Å². The van der Waals surface area contributed by atoms with E-state index >= 15 is 0 Å². The highest BCUT2D eigenvalue weighted by Crippen LogP contribution is 2.33. The summed E-state index contributed by atoms with van der Waals surface area (Å²) >= 11 is 6.07. The Kier molecular flexibility index (Phi) is 3.52. The van der Waals surface area contributed by atoms with Crippen molar-refractivity contribution in [3.05, 3.63) is 63.5 Å². The smallest absolute Gasteiger partial charge is 0.369 e. The number of hydrogen-bond acceptors (Lipinski definition) is 3. The maximum Gasteiger partial charge on any atom is 0.416 e. The quantitative estimate of drug-likeness (QED) is 0.736. The second kappa shape index (κ2) is 5.27. The molecule has 1 aromatic carbocycles. The normalized spacial score (nSPS) is 11.8. The first-order chi connectivity index (χ1) is 10.8. The predicted octanol–water partition coefficient (Wildman–Crippen LogP) is 3.62. The van der Waals surface area contributed by atoms with Gasteiger partial charge in [0.2, 0.25) is 5.95 Å². The Labute approximate surface area is 133 Å². The zero-order valence-electron chi connectivity index (χ0n) is 11.4. The zero-order valence-corrected chi connectivity index (χ0v) is 12.2. The Bertz CT molecular complexity index is 966. The van der Waals surface area contributed by atoms with Gasteiger partial charge < -0.3 is 5.73 Å². The molecule has 0 aliphatic carbocycles. The molecule has 118 valence electrons. The van der Waals surface area contributed by atoms with E-state index in [0.717, 1.165) is 18.3 Å². The molecule has 0 saturated carbocycles. The van der Waals surface area contributed by atoms with Crippen molar-refractivity contribution in [2.75, 3.05) is 5.73 Å². The largest absolute Gasteiger partial charge is 0.416 e. The van der Waals surface area contributed by atoms with E-state index in [0.29, 0.717) is 5.56 Å². The number of halogens is 4. The average Bonchev–Trinajstić information content (AvgIpc) is 2.47. The van der Waals surface area contributed by atoms with Crippen molar-refractivity contribution < 1.29 is 13.2 Å². The molecule has 0 atom stereocenters. The lowest BCUT2D eigenvalue weighted by atomic mass is 10.0.